The second-order valence-corrected chi connectivity index (χ2v) is 4.91. The number of imidazole rings is 1. The van der Waals surface area contributed by atoms with Crippen molar-refractivity contribution in [1.82, 2.24) is 14.5 Å². The zero-order valence-corrected chi connectivity index (χ0v) is 10.7. The van der Waals surface area contributed by atoms with Crippen LogP contribution in [-0.2, 0) is 11.3 Å². The normalized spacial score (nSPS) is 20.9. The van der Waals surface area contributed by atoms with Gasteiger partial charge in [0.2, 0.25) is 0 Å². The lowest BCUT2D eigenvalue weighted by atomic mass is 10.1. The summed E-state index contributed by atoms with van der Waals surface area (Å²) in [6.07, 6.45) is 6.96. The Bertz CT molecular complexity index is 386. The number of hydrogen-bond acceptors (Lipinski definition) is 3. The number of aryl methyl sites for hydroxylation is 1. The average molecular weight is 235 g/mol. The fraction of sp³-hybridized carbons (Fsp3) is 0.692. The maximum atomic E-state index is 11.2. The fourth-order valence-corrected chi connectivity index (χ4v) is 2.63. The molecular formula is C13H21N3O. The van der Waals surface area contributed by atoms with Gasteiger partial charge in [-0.05, 0) is 33.2 Å². The molecule has 1 unspecified atom stereocenters. The van der Waals surface area contributed by atoms with Gasteiger partial charge in [-0.2, -0.15) is 0 Å². The molecular weight excluding hydrogens is 214 g/mol. The number of Topliss-reactive ketones (excluding diaryl/α,β-unsaturated/α-hetero) is 1. The molecule has 2 heterocycles. The standard InChI is InChI=1S/C13H21N3O/c1-11(17)10-13-4-3-6-16(13)9-8-15-7-5-14-12(15)2/h5,7,13H,3-4,6,8-10H2,1-2H3. The van der Waals surface area contributed by atoms with Crippen LogP contribution in [0.1, 0.15) is 32.0 Å². The van der Waals surface area contributed by atoms with Crippen LogP contribution in [0.25, 0.3) is 0 Å². The molecule has 1 aliphatic heterocycles. The third-order valence-electron chi connectivity index (χ3n) is 3.57. The van der Waals surface area contributed by atoms with Crippen LogP contribution in [0.15, 0.2) is 12.4 Å². The largest absolute Gasteiger partial charge is 0.334 e. The van der Waals surface area contributed by atoms with Crippen molar-refractivity contribution in [3.63, 3.8) is 0 Å². The lowest BCUT2D eigenvalue weighted by molar-refractivity contribution is -0.118. The molecule has 1 atom stereocenters. The second-order valence-electron chi connectivity index (χ2n) is 4.91. The van der Waals surface area contributed by atoms with Crippen LogP contribution in [0.4, 0.5) is 0 Å². The molecule has 0 saturated carbocycles. The zero-order valence-electron chi connectivity index (χ0n) is 10.7. The van der Waals surface area contributed by atoms with Gasteiger partial charge in [-0.15, -0.1) is 0 Å². The van der Waals surface area contributed by atoms with Gasteiger partial charge in [0.15, 0.2) is 0 Å². The Labute approximate surface area is 103 Å². The van der Waals surface area contributed by atoms with E-state index in [0.717, 1.165) is 25.5 Å². The highest BCUT2D eigenvalue weighted by molar-refractivity contribution is 5.76. The molecule has 0 bridgehead atoms. The molecule has 0 spiro atoms. The maximum absolute atomic E-state index is 11.2. The first kappa shape index (κ1) is 12.3. The quantitative estimate of drug-likeness (QED) is 0.778. The Morgan fingerprint density at radius 3 is 3.00 bits per heavy atom. The summed E-state index contributed by atoms with van der Waals surface area (Å²) in [7, 11) is 0. The van der Waals surface area contributed by atoms with Gasteiger partial charge < -0.3 is 4.57 Å². The minimum atomic E-state index is 0.306. The number of ketones is 1. The van der Waals surface area contributed by atoms with E-state index in [2.05, 4.69) is 14.5 Å². The van der Waals surface area contributed by atoms with E-state index in [1.54, 1.807) is 6.92 Å². The lowest BCUT2D eigenvalue weighted by Crippen LogP contribution is -2.33. The van der Waals surface area contributed by atoms with Crippen LogP contribution in [0.5, 0.6) is 0 Å². The van der Waals surface area contributed by atoms with Crippen molar-refractivity contribution < 1.29 is 4.79 Å². The van der Waals surface area contributed by atoms with Crippen molar-refractivity contribution in [3.05, 3.63) is 18.2 Å². The van der Waals surface area contributed by atoms with Gasteiger partial charge in [0.05, 0.1) is 0 Å². The molecule has 0 N–H and O–H groups in total. The highest BCUT2D eigenvalue weighted by atomic mass is 16.1. The van der Waals surface area contributed by atoms with Crippen LogP contribution in [0, 0.1) is 6.92 Å². The molecule has 0 aliphatic carbocycles. The first-order valence-corrected chi connectivity index (χ1v) is 6.38. The molecule has 4 nitrogen and oxygen atoms in total. The summed E-state index contributed by atoms with van der Waals surface area (Å²) in [5.41, 5.74) is 0. The van der Waals surface area contributed by atoms with Crippen LogP contribution >= 0.6 is 0 Å². The van der Waals surface area contributed by atoms with E-state index in [-0.39, 0.29) is 0 Å². The van der Waals surface area contributed by atoms with E-state index in [1.807, 2.05) is 19.3 Å². The molecule has 2 rings (SSSR count). The molecule has 0 amide bonds. The van der Waals surface area contributed by atoms with Crippen molar-refractivity contribution in [2.75, 3.05) is 13.1 Å². The molecule has 1 aliphatic rings. The summed E-state index contributed by atoms with van der Waals surface area (Å²) in [6, 6.07) is 0.469. The number of rotatable bonds is 5. The number of likely N-dealkylation sites (tertiary alicyclic amines) is 1. The molecule has 1 aromatic rings. The topological polar surface area (TPSA) is 38.1 Å². The molecule has 17 heavy (non-hydrogen) atoms. The Kier molecular flexibility index (Phi) is 3.94. The molecule has 4 heteroatoms. The van der Waals surface area contributed by atoms with Gasteiger partial charge in [-0.3, -0.25) is 9.69 Å². The third-order valence-corrected chi connectivity index (χ3v) is 3.57. The highest BCUT2D eigenvalue weighted by Crippen LogP contribution is 2.20. The van der Waals surface area contributed by atoms with Crippen LogP contribution in [0.3, 0.4) is 0 Å². The molecule has 1 saturated heterocycles. The van der Waals surface area contributed by atoms with Gasteiger partial charge in [-0.25, -0.2) is 4.98 Å². The summed E-state index contributed by atoms with van der Waals surface area (Å²) in [5, 5.41) is 0. The Morgan fingerprint density at radius 2 is 2.35 bits per heavy atom. The van der Waals surface area contributed by atoms with Gasteiger partial charge >= 0.3 is 0 Å². The first-order valence-electron chi connectivity index (χ1n) is 6.38. The van der Waals surface area contributed by atoms with Gasteiger partial charge in [-0.1, -0.05) is 0 Å². The van der Waals surface area contributed by atoms with Gasteiger partial charge in [0.1, 0.15) is 11.6 Å². The zero-order chi connectivity index (χ0) is 12.3. The van der Waals surface area contributed by atoms with E-state index in [0.29, 0.717) is 18.2 Å². The molecule has 0 aromatic carbocycles. The SMILES string of the molecule is CC(=O)CC1CCCN1CCn1ccnc1C. The Balaban J connectivity index is 1.86. The highest BCUT2D eigenvalue weighted by Gasteiger charge is 2.24. The molecule has 1 fully saturated rings. The smallest absolute Gasteiger partial charge is 0.131 e. The van der Waals surface area contributed by atoms with Gasteiger partial charge in [0.25, 0.3) is 0 Å². The van der Waals surface area contributed by atoms with Crippen molar-refractivity contribution >= 4 is 5.78 Å². The number of aromatic nitrogens is 2. The monoisotopic (exact) mass is 235 g/mol. The maximum Gasteiger partial charge on any atom is 0.131 e. The average Bonchev–Trinajstić information content (AvgIpc) is 2.84. The summed E-state index contributed by atoms with van der Waals surface area (Å²) in [4.78, 5) is 17.9. The molecule has 0 radical (unpaired) electrons. The summed E-state index contributed by atoms with van der Waals surface area (Å²) in [6.45, 7) is 6.84. The lowest BCUT2D eigenvalue weighted by Gasteiger charge is -2.23. The number of hydrogen-bond donors (Lipinski definition) is 0. The number of nitrogens with zero attached hydrogens (tertiary/aromatic N) is 3. The predicted molar refractivity (Wildman–Crippen MR) is 66.9 cm³/mol. The van der Waals surface area contributed by atoms with Crippen molar-refractivity contribution in [3.8, 4) is 0 Å². The van der Waals surface area contributed by atoms with Gasteiger partial charge in [0, 0.05) is 37.9 Å². The van der Waals surface area contributed by atoms with E-state index < -0.39 is 0 Å². The first-order chi connectivity index (χ1) is 8.16. The third kappa shape index (κ3) is 3.16. The van der Waals surface area contributed by atoms with E-state index in [1.165, 1.54) is 12.8 Å². The van der Waals surface area contributed by atoms with Crippen LogP contribution in [-0.4, -0.2) is 39.4 Å². The second kappa shape index (κ2) is 5.45. The van der Waals surface area contributed by atoms with Crippen molar-refractivity contribution in [2.24, 2.45) is 0 Å². The van der Waals surface area contributed by atoms with E-state index >= 15 is 0 Å². The molecule has 94 valence electrons. The molecule has 1 aromatic heterocycles. The summed E-state index contributed by atoms with van der Waals surface area (Å²) >= 11 is 0. The Morgan fingerprint density at radius 1 is 1.53 bits per heavy atom. The van der Waals surface area contributed by atoms with Crippen molar-refractivity contribution in [1.29, 1.82) is 0 Å². The predicted octanol–water partition coefficient (Wildman–Crippen LogP) is 1.64. The van der Waals surface area contributed by atoms with E-state index in [4.69, 9.17) is 0 Å². The number of carbonyl (C=O) groups is 1. The van der Waals surface area contributed by atoms with E-state index in [9.17, 15) is 4.79 Å². The minimum Gasteiger partial charge on any atom is -0.334 e. The van der Waals surface area contributed by atoms with Crippen molar-refractivity contribution in [2.45, 2.75) is 45.7 Å². The minimum absolute atomic E-state index is 0.306. The Hall–Kier alpha value is -1.16. The summed E-state index contributed by atoms with van der Waals surface area (Å²) in [5.74, 6) is 1.37. The number of carbonyl (C=O) groups excluding carboxylic acids is 1. The fourth-order valence-electron chi connectivity index (χ4n) is 2.63. The van der Waals surface area contributed by atoms with Crippen LogP contribution < -0.4 is 0 Å². The summed E-state index contributed by atoms with van der Waals surface area (Å²) < 4.78 is 2.17. The van der Waals surface area contributed by atoms with Crippen LogP contribution in [0.2, 0.25) is 0 Å².